The Kier molecular flexibility index (Phi) is 5.19. The maximum atomic E-state index is 12.7. The molecule has 1 aromatic rings. The van der Waals surface area contributed by atoms with E-state index in [-0.39, 0.29) is 6.04 Å². The number of nitrogens with zero attached hydrogens (tertiary/aromatic N) is 2. The molecule has 20 heavy (non-hydrogen) atoms. The maximum Gasteiger partial charge on any atom is 0.252 e. The van der Waals surface area contributed by atoms with Crippen molar-refractivity contribution in [2.45, 2.75) is 30.6 Å². The number of thiophene rings is 1. The Morgan fingerprint density at radius 1 is 1.45 bits per heavy atom. The van der Waals surface area contributed by atoms with Crippen molar-refractivity contribution < 1.29 is 8.42 Å². The van der Waals surface area contributed by atoms with Crippen LogP contribution in [-0.4, -0.2) is 56.9 Å². The minimum Gasteiger partial charge on any atom is -0.313 e. The van der Waals surface area contributed by atoms with Crippen LogP contribution < -0.4 is 5.32 Å². The van der Waals surface area contributed by atoms with Crippen molar-refractivity contribution in [3.8, 4) is 0 Å². The summed E-state index contributed by atoms with van der Waals surface area (Å²) >= 11 is 1.32. The summed E-state index contributed by atoms with van der Waals surface area (Å²) in [6, 6.07) is 1.83. The summed E-state index contributed by atoms with van der Waals surface area (Å²) in [7, 11) is -1.31. The maximum absolute atomic E-state index is 12.7. The summed E-state index contributed by atoms with van der Waals surface area (Å²) in [6.45, 7) is 7.76. The Hall–Kier alpha value is -0.470. The molecule has 0 aliphatic carbocycles. The zero-order valence-corrected chi connectivity index (χ0v) is 13.9. The lowest BCUT2D eigenvalue weighted by atomic mass is 10.2. The SMILES string of the molecule is CCNCc1csc(S(=O)(=O)N2CCN(C)CC2C)c1. The monoisotopic (exact) mass is 317 g/mol. The van der Waals surface area contributed by atoms with Crippen LogP contribution in [0.5, 0.6) is 0 Å². The van der Waals surface area contributed by atoms with E-state index in [1.165, 1.54) is 11.3 Å². The van der Waals surface area contributed by atoms with E-state index < -0.39 is 10.0 Å². The third-order valence-electron chi connectivity index (χ3n) is 3.54. The van der Waals surface area contributed by atoms with Gasteiger partial charge in [-0.2, -0.15) is 4.31 Å². The van der Waals surface area contributed by atoms with E-state index in [1.807, 2.05) is 26.3 Å². The third kappa shape index (κ3) is 3.40. The minimum atomic E-state index is -3.34. The fourth-order valence-corrected chi connectivity index (χ4v) is 5.40. The molecule has 7 heteroatoms. The lowest BCUT2D eigenvalue weighted by Gasteiger charge is -2.36. The van der Waals surface area contributed by atoms with Crippen molar-refractivity contribution in [1.82, 2.24) is 14.5 Å². The van der Waals surface area contributed by atoms with Gasteiger partial charge < -0.3 is 10.2 Å². The first-order valence-electron chi connectivity index (χ1n) is 6.93. The van der Waals surface area contributed by atoms with Gasteiger partial charge >= 0.3 is 0 Å². The predicted octanol–water partition coefficient (Wildman–Crippen LogP) is 1.18. The summed E-state index contributed by atoms with van der Waals surface area (Å²) in [6.07, 6.45) is 0. The Labute approximate surface area is 125 Å². The second-order valence-electron chi connectivity index (χ2n) is 5.28. The summed E-state index contributed by atoms with van der Waals surface area (Å²) in [5.74, 6) is 0. The number of hydrogen-bond donors (Lipinski definition) is 1. The average molecular weight is 317 g/mol. The molecule has 2 rings (SSSR count). The van der Waals surface area contributed by atoms with Gasteiger partial charge in [-0.05, 0) is 37.5 Å². The molecule has 1 N–H and O–H groups in total. The Morgan fingerprint density at radius 3 is 2.85 bits per heavy atom. The highest BCUT2D eigenvalue weighted by molar-refractivity contribution is 7.91. The van der Waals surface area contributed by atoms with Gasteiger partial charge in [0.05, 0.1) is 0 Å². The molecule has 0 spiro atoms. The lowest BCUT2D eigenvalue weighted by molar-refractivity contribution is 0.170. The molecule has 1 atom stereocenters. The third-order valence-corrected chi connectivity index (χ3v) is 7.02. The van der Waals surface area contributed by atoms with Crippen LogP contribution in [0.4, 0.5) is 0 Å². The van der Waals surface area contributed by atoms with Gasteiger partial charge in [-0.25, -0.2) is 8.42 Å². The van der Waals surface area contributed by atoms with Crippen LogP contribution in [0.15, 0.2) is 15.7 Å². The molecule has 1 aliphatic rings. The van der Waals surface area contributed by atoms with Crippen LogP contribution in [-0.2, 0) is 16.6 Å². The van der Waals surface area contributed by atoms with E-state index in [4.69, 9.17) is 0 Å². The van der Waals surface area contributed by atoms with Gasteiger partial charge in [0.2, 0.25) is 0 Å². The summed E-state index contributed by atoms with van der Waals surface area (Å²) in [5, 5.41) is 5.14. The summed E-state index contributed by atoms with van der Waals surface area (Å²) < 4.78 is 27.5. The summed E-state index contributed by atoms with van der Waals surface area (Å²) in [5.41, 5.74) is 1.04. The number of sulfonamides is 1. The highest BCUT2D eigenvalue weighted by Gasteiger charge is 2.33. The second kappa shape index (κ2) is 6.53. The number of likely N-dealkylation sites (N-methyl/N-ethyl adjacent to an activating group) is 1. The fraction of sp³-hybridized carbons (Fsp3) is 0.692. The highest BCUT2D eigenvalue weighted by Crippen LogP contribution is 2.26. The molecule has 1 fully saturated rings. The molecule has 1 saturated heterocycles. The molecule has 0 aromatic carbocycles. The molecule has 5 nitrogen and oxygen atoms in total. The van der Waals surface area contributed by atoms with Crippen molar-refractivity contribution in [1.29, 1.82) is 0 Å². The molecule has 0 amide bonds. The zero-order valence-electron chi connectivity index (χ0n) is 12.3. The van der Waals surface area contributed by atoms with Crippen LogP contribution in [0.25, 0.3) is 0 Å². The van der Waals surface area contributed by atoms with Gasteiger partial charge in [-0.15, -0.1) is 11.3 Å². The van der Waals surface area contributed by atoms with Gasteiger partial charge in [0.25, 0.3) is 10.0 Å². The minimum absolute atomic E-state index is 0.0260. The van der Waals surface area contributed by atoms with Gasteiger partial charge in [0.15, 0.2) is 0 Å². The topological polar surface area (TPSA) is 52.7 Å². The smallest absolute Gasteiger partial charge is 0.252 e. The quantitative estimate of drug-likeness (QED) is 0.886. The molecule has 0 radical (unpaired) electrons. The van der Waals surface area contributed by atoms with Crippen LogP contribution in [0.3, 0.4) is 0 Å². The lowest BCUT2D eigenvalue weighted by Crippen LogP contribution is -2.52. The van der Waals surface area contributed by atoms with Crippen LogP contribution >= 0.6 is 11.3 Å². The molecule has 114 valence electrons. The van der Waals surface area contributed by atoms with Crippen molar-refractivity contribution in [3.63, 3.8) is 0 Å². The largest absolute Gasteiger partial charge is 0.313 e. The van der Waals surface area contributed by atoms with Gasteiger partial charge in [0, 0.05) is 32.2 Å². The first-order valence-corrected chi connectivity index (χ1v) is 9.25. The van der Waals surface area contributed by atoms with E-state index in [0.29, 0.717) is 10.8 Å². The molecule has 0 saturated carbocycles. The van der Waals surface area contributed by atoms with Crippen LogP contribution in [0, 0.1) is 0 Å². The molecule has 1 aromatic heterocycles. The van der Waals surface area contributed by atoms with Crippen molar-refractivity contribution in [2.75, 3.05) is 33.2 Å². The normalized spacial score (nSPS) is 22.2. The molecular formula is C13H23N3O2S2. The Morgan fingerprint density at radius 2 is 2.20 bits per heavy atom. The highest BCUT2D eigenvalue weighted by atomic mass is 32.2. The van der Waals surface area contributed by atoms with Gasteiger partial charge in [-0.3, -0.25) is 0 Å². The molecule has 1 aliphatic heterocycles. The summed E-state index contributed by atoms with van der Waals surface area (Å²) in [4.78, 5) is 2.17. The van der Waals surface area contributed by atoms with Crippen LogP contribution in [0.1, 0.15) is 19.4 Å². The first kappa shape index (κ1) is 15.9. The van der Waals surface area contributed by atoms with Gasteiger partial charge in [0.1, 0.15) is 4.21 Å². The Balaban J connectivity index is 2.15. The van der Waals surface area contributed by atoms with E-state index in [0.717, 1.165) is 31.7 Å². The number of piperazine rings is 1. The molecule has 2 heterocycles. The number of nitrogens with one attached hydrogen (secondary N) is 1. The van der Waals surface area contributed by atoms with Crippen molar-refractivity contribution in [3.05, 3.63) is 17.0 Å². The average Bonchev–Trinajstić information content (AvgIpc) is 2.85. The van der Waals surface area contributed by atoms with Gasteiger partial charge in [-0.1, -0.05) is 6.92 Å². The standard InChI is InChI=1S/C13H23N3O2S2/c1-4-14-8-12-7-13(19-10-12)20(17,18)16-6-5-15(3)9-11(16)2/h7,10-11,14H,4-6,8-9H2,1-3H3. The van der Waals surface area contributed by atoms with E-state index in [2.05, 4.69) is 10.2 Å². The molecule has 1 unspecified atom stereocenters. The number of hydrogen-bond acceptors (Lipinski definition) is 5. The predicted molar refractivity (Wildman–Crippen MR) is 82.6 cm³/mol. The van der Waals surface area contributed by atoms with E-state index >= 15 is 0 Å². The molecule has 0 bridgehead atoms. The second-order valence-corrected chi connectivity index (χ2v) is 8.31. The fourth-order valence-electron chi connectivity index (χ4n) is 2.45. The molecular weight excluding hydrogens is 294 g/mol. The van der Waals surface area contributed by atoms with Crippen LogP contribution in [0.2, 0.25) is 0 Å². The number of rotatable bonds is 5. The van der Waals surface area contributed by atoms with E-state index in [9.17, 15) is 8.42 Å². The Bertz CT molecular complexity index is 542. The first-order chi connectivity index (χ1) is 9.45. The van der Waals surface area contributed by atoms with Crippen molar-refractivity contribution in [2.24, 2.45) is 0 Å². The van der Waals surface area contributed by atoms with E-state index in [1.54, 1.807) is 10.4 Å². The van der Waals surface area contributed by atoms with Crippen molar-refractivity contribution >= 4 is 21.4 Å². The zero-order chi connectivity index (χ0) is 14.8.